The van der Waals surface area contributed by atoms with Crippen molar-refractivity contribution in [1.29, 1.82) is 0 Å². The second-order valence-corrected chi connectivity index (χ2v) is 5.66. The number of hydrogen-bond acceptors (Lipinski definition) is 3. The van der Waals surface area contributed by atoms with Gasteiger partial charge in [0.25, 0.3) is 0 Å². The normalized spacial score (nSPS) is 23.9. The Balaban J connectivity index is 1.66. The van der Waals surface area contributed by atoms with E-state index in [4.69, 9.17) is 4.74 Å². The molecule has 0 amide bonds. The van der Waals surface area contributed by atoms with E-state index in [2.05, 4.69) is 5.10 Å². The van der Waals surface area contributed by atoms with Crippen molar-refractivity contribution in [3.05, 3.63) is 16.3 Å². The zero-order valence-corrected chi connectivity index (χ0v) is 11.5. The molecule has 3 heterocycles. The van der Waals surface area contributed by atoms with Crippen LogP contribution in [0.15, 0.2) is 4.79 Å². The topological polar surface area (TPSA) is 49.1 Å². The van der Waals surface area contributed by atoms with Crippen LogP contribution in [-0.2, 0) is 24.2 Å². The number of nitrogens with zero attached hydrogens (tertiary/aromatic N) is 3. The van der Waals surface area contributed by atoms with Crippen molar-refractivity contribution in [2.24, 2.45) is 0 Å². The van der Waals surface area contributed by atoms with Crippen LogP contribution in [0.25, 0.3) is 0 Å². The van der Waals surface area contributed by atoms with E-state index < -0.39 is 0 Å². The summed E-state index contributed by atoms with van der Waals surface area (Å²) < 4.78 is 9.23. The molecule has 1 saturated heterocycles. The summed E-state index contributed by atoms with van der Waals surface area (Å²) in [6.07, 6.45) is 9.20. The van der Waals surface area contributed by atoms with E-state index in [0.29, 0.717) is 12.6 Å². The summed E-state index contributed by atoms with van der Waals surface area (Å²) >= 11 is 0. The van der Waals surface area contributed by atoms with Gasteiger partial charge in [-0.15, -0.1) is 0 Å². The highest BCUT2D eigenvalue weighted by Gasteiger charge is 2.18. The third-order valence-electron chi connectivity index (χ3n) is 4.22. The molecule has 0 bridgehead atoms. The fraction of sp³-hybridized carbons (Fsp3) is 0.857. The highest BCUT2D eigenvalue weighted by atomic mass is 16.5. The highest BCUT2D eigenvalue weighted by molar-refractivity contribution is 4.90. The first-order valence-corrected chi connectivity index (χ1v) is 7.63. The van der Waals surface area contributed by atoms with Crippen LogP contribution in [0.2, 0.25) is 0 Å². The molecule has 1 fully saturated rings. The molecule has 0 radical (unpaired) electrons. The second-order valence-electron chi connectivity index (χ2n) is 5.66. The van der Waals surface area contributed by atoms with Gasteiger partial charge in [0.2, 0.25) is 0 Å². The minimum atomic E-state index is 0.0766. The number of ether oxygens (including phenoxy) is 1. The SMILES string of the molecule is O=c1n(CCC2CCCCO2)nc2n1CCCCC2. The zero-order valence-electron chi connectivity index (χ0n) is 11.5. The minimum Gasteiger partial charge on any atom is -0.378 e. The van der Waals surface area contributed by atoms with Crippen molar-refractivity contribution in [2.45, 2.75) is 70.6 Å². The quantitative estimate of drug-likeness (QED) is 0.836. The van der Waals surface area contributed by atoms with Crippen LogP contribution in [0.3, 0.4) is 0 Å². The van der Waals surface area contributed by atoms with Crippen molar-refractivity contribution in [1.82, 2.24) is 14.3 Å². The fourth-order valence-electron chi connectivity index (χ4n) is 3.07. The highest BCUT2D eigenvalue weighted by Crippen LogP contribution is 2.16. The molecule has 1 aromatic rings. The molecule has 2 aliphatic heterocycles. The van der Waals surface area contributed by atoms with Crippen molar-refractivity contribution in [2.75, 3.05) is 6.61 Å². The molecule has 2 aliphatic rings. The van der Waals surface area contributed by atoms with Crippen LogP contribution in [0.4, 0.5) is 0 Å². The first-order chi connectivity index (χ1) is 9.34. The van der Waals surface area contributed by atoms with Gasteiger partial charge in [-0.05, 0) is 38.5 Å². The van der Waals surface area contributed by atoms with Gasteiger partial charge < -0.3 is 4.74 Å². The lowest BCUT2D eigenvalue weighted by atomic mass is 10.1. The molecular weight excluding hydrogens is 242 g/mol. The Labute approximate surface area is 113 Å². The predicted molar refractivity (Wildman–Crippen MR) is 72.3 cm³/mol. The molecule has 0 N–H and O–H groups in total. The minimum absolute atomic E-state index is 0.0766. The molecule has 0 aliphatic carbocycles. The summed E-state index contributed by atoms with van der Waals surface area (Å²) in [5.74, 6) is 0.979. The van der Waals surface area contributed by atoms with Crippen LogP contribution >= 0.6 is 0 Å². The number of hydrogen-bond donors (Lipinski definition) is 0. The van der Waals surface area contributed by atoms with Crippen molar-refractivity contribution >= 4 is 0 Å². The summed E-state index contributed by atoms with van der Waals surface area (Å²) in [6, 6.07) is 0. The van der Waals surface area contributed by atoms with Crippen LogP contribution in [0.1, 0.15) is 50.8 Å². The molecule has 19 heavy (non-hydrogen) atoms. The van der Waals surface area contributed by atoms with E-state index in [-0.39, 0.29) is 5.69 Å². The maximum atomic E-state index is 12.3. The van der Waals surface area contributed by atoms with Crippen LogP contribution in [0, 0.1) is 0 Å². The van der Waals surface area contributed by atoms with E-state index in [9.17, 15) is 4.79 Å². The number of aromatic nitrogens is 3. The average Bonchev–Trinajstić information content (AvgIpc) is 2.63. The van der Waals surface area contributed by atoms with Gasteiger partial charge in [0, 0.05) is 26.1 Å². The maximum absolute atomic E-state index is 12.3. The Bertz CT molecular complexity index is 472. The number of aryl methyl sites for hydroxylation is 2. The third-order valence-corrected chi connectivity index (χ3v) is 4.22. The fourth-order valence-corrected chi connectivity index (χ4v) is 3.07. The summed E-state index contributed by atoms with van der Waals surface area (Å²) in [5.41, 5.74) is 0.0766. The molecule has 1 unspecified atom stereocenters. The Morgan fingerprint density at radius 3 is 3.00 bits per heavy atom. The van der Waals surface area contributed by atoms with E-state index in [0.717, 1.165) is 51.1 Å². The van der Waals surface area contributed by atoms with Crippen LogP contribution in [0.5, 0.6) is 0 Å². The van der Waals surface area contributed by atoms with E-state index >= 15 is 0 Å². The Hall–Kier alpha value is -1.10. The second kappa shape index (κ2) is 5.90. The van der Waals surface area contributed by atoms with Crippen molar-refractivity contribution in [3.63, 3.8) is 0 Å². The standard InChI is InChI=1S/C14H23N3O2/c18-14-16-9-4-1-2-7-13(16)15-17(14)10-8-12-6-3-5-11-19-12/h12H,1-11H2. The first kappa shape index (κ1) is 12.9. The van der Waals surface area contributed by atoms with E-state index in [1.54, 1.807) is 4.68 Å². The van der Waals surface area contributed by atoms with Gasteiger partial charge >= 0.3 is 5.69 Å². The molecule has 1 aromatic heterocycles. The smallest absolute Gasteiger partial charge is 0.345 e. The summed E-state index contributed by atoms with van der Waals surface area (Å²) in [7, 11) is 0. The van der Waals surface area contributed by atoms with Crippen LogP contribution in [-0.4, -0.2) is 27.1 Å². The zero-order chi connectivity index (χ0) is 13.1. The lowest BCUT2D eigenvalue weighted by Crippen LogP contribution is -2.28. The van der Waals surface area contributed by atoms with Gasteiger partial charge in [0.05, 0.1) is 6.10 Å². The molecular formula is C14H23N3O2. The van der Waals surface area contributed by atoms with Crippen molar-refractivity contribution < 1.29 is 4.74 Å². The molecule has 106 valence electrons. The molecule has 0 aromatic carbocycles. The number of fused-ring (bicyclic) bond motifs is 1. The molecule has 0 spiro atoms. The summed E-state index contributed by atoms with van der Waals surface area (Å²) in [4.78, 5) is 12.3. The van der Waals surface area contributed by atoms with E-state index in [1.807, 2.05) is 4.57 Å². The van der Waals surface area contributed by atoms with Gasteiger partial charge in [0.1, 0.15) is 5.82 Å². The van der Waals surface area contributed by atoms with E-state index in [1.165, 1.54) is 19.3 Å². The predicted octanol–water partition coefficient (Wildman–Crippen LogP) is 1.73. The lowest BCUT2D eigenvalue weighted by Gasteiger charge is -2.22. The lowest BCUT2D eigenvalue weighted by molar-refractivity contribution is 0.00808. The largest absolute Gasteiger partial charge is 0.378 e. The molecule has 3 rings (SSSR count). The molecule has 5 heteroatoms. The number of rotatable bonds is 3. The van der Waals surface area contributed by atoms with Crippen molar-refractivity contribution in [3.8, 4) is 0 Å². The van der Waals surface area contributed by atoms with Crippen LogP contribution < -0.4 is 5.69 Å². The van der Waals surface area contributed by atoms with Gasteiger partial charge in [-0.1, -0.05) is 6.42 Å². The van der Waals surface area contributed by atoms with Gasteiger partial charge in [0.15, 0.2) is 0 Å². The van der Waals surface area contributed by atoms with Gasteiger partial charge in [-0.2, -0.15) is 5.10 Å². The van der Waals surface area contributed by atoms with Gasteiger partial charge in [-0.3, -0.25) is 4.57 Å². The molecule has 1 atom stereocenters. The summed E-state index contributed by atoms with van der Waals surface area (Å²) in [6.45, 7) is 2.41. The average molecular weight is 265 g/mol. The third kappa shape index (κ3) is 2.91. The maximum Gasteiger partial charge on any atom is 0.345 e. The Morgan fingerprint density at radius 1 is 1.21 bits per heavy atom. The molecule has 5 nitrogen and oxygen atoms in total. The Kier molecular flexibility index (Phi) is 4.01. The van der Waals surface area contributed by atoms with Gasteiger partial charge in [-0.25, -0.2) is 9.48 Å². The Morgan fingerprint density at radius 2 is 2.16 bits per heavy atom. The summed E-state index contributed by atoms with van der Waals surface area (Å²) in [5, 5.41) is 4.51. The first-order valence-electron chi connectivity index (χ1n) is 7.63. The monoisotopic (exact) mass is 265 g/mol. The molecule has 0 saturated carbocycles.